The first kappa shape index (κ1) is 17.4. The van der Waals surface area contributed by atoms with Gasteiger partial charge >= 0.3 is 6.18 Å². The monoisotopic (exact) mass is 329 g/mol. The van der Waals surface area contributed by atoms with Crippen LogP contribution < -0.4 is 0 Å². The number of hydrogen-bond donors (Lipinski definition) is 0. The molecule has 0 bridgehead atoms. The highest BCUT2D eigenvalue weighted by Gasteiger charge is 2.32. The molecule has 1 heterocycles. The Hall–Kier alpha value is -1.98. The van der Waals surface area contributed by atoms with Gasteiger partial charge in [0, 0.05) is 6.20 Å². The molecule has 1 aromatic heterocycles. The summed E-state index contributed by atoms with van der Waals surface area (Å²) in [5.41, 5.74) is -1.15. The van der Waals surface area contributed by atoms with Crippen molar-refractivity contribution in [2.24, 2.45) is 0 Å². The summed E-state index contributed by atoms with van der Waals surface area (Å²) in [7, 11) is 0. The fraction of sp³-hybridized carbons (Fsp3) is 0.353. The van der Waals surface area contributed by atoms with Crippen molar-refractivity contribution in [3.63, 3.8) is 0 Å². The van der Waals surface area contributed by atoms with Crippen molar-refractivity contribution in [3.05, 3.63) is 64.7 Å². The quantitative estimate of drug-likeness (QED) is 0.654. The average molecular weight is 329 g/mol. The SMILES string of the molecule is CC(C)(C)c1ccnc(C(F)c2cc(F)cc(C(F)(F)F)c2)c1. The van der Waals surface area contributed by atoms with Crippen molar-refractivity contribution >= 4 is 0 Å². The van der Waals surface area contributed by atoms with Gasteiger partial charge < -0.3 is 0 Å². The predicted octanol–water partition coefficient (Wildman–Crippen LogP) is 5.60. The minimum Gasteiger partial charge on any atom is -0.258 e. The molecule has 23 heavy (non-hydrogen) atoms. The molecule has 0 radical (unpaired) electrons. The second-order valence-electron chi connectivity index (χ2n) is 6.35. The summed E-state index contributed by atoms with van der Waals surface area (Å²) < 4.78 is 66.2. The first-order valence-electron chi connectivity index (χ1n) is 6.96. The smallest absolute Gasteiger partial charge is 0.258 e. The summed E-state index contributed by atoms with van der Waals surface area (Å²) in [5, 5.41) is 0. The van der Waals surface area contributed by atoms with Gasteiger partial charge in [0.1, 0.15) is 5.82 Å². The van der Waals surface area contributed by atoms with Gasteiger partial charge in [-0.15, -0.1) is 0 Å². The van der Waals surface area contributed by atoms with Crippen LogP contribution in [0.15, 0.2) is 36.5 Å². The van der Waals surface area contributed by atoms with Gasteiger partial charge in [-0.3, -0.25) is 4.98 Å². The lowest BCUT2D eigenvalue weighted by Crippen LogP contribution is -2.13. The molecule has 6 heteroatoms. The standard InChI is InChI=1S/C17H16F5N/c1-16(2,3)11-4-5-23-14(9-11)15(19)10-6-12(17(20,21)22)8-13(18)7-10/h4-9,15H,1-3H3. The van der Waals surface area contributed by atoms with E-state index in [0.717, 1.165) is 11.6 Å². The fourth-order valence-corrected chi connectivity index (χ4v) is 2.15. The van der Waals surface area contributed by atoms with Crippen LogP contribution in [0.25, 0.3) is 0 Å². The van der Waals surface area contributed by atoms with Gasteiger partial charge in [0.05, 0.1) is 11.3 Å². The van der Waals surface area contributed by atoms with Gasteiger partial charge in [-0.05, 0) is 46.9 Å². The zero-order valence-electron chi connectivity index (χ0n) is 12.9. The number of benzene rings is 1. The summed E-state index contributed by atoms with van der Waals surface area (Å²) in [6.07, 6.45) is -5.28. The summed E-state index contributed by atoms with van der Waals surface area (Å²) in [6.45, 7) is 5.76. The molecule has 2 aromatic rings. The molecule has 0 spiro atoms. The van der Waals surface area contributed by atoms with E-state index in [1.54, 1.807) is 6.07 Å². The maximum atomic E-state index is 14.6. The van der Waals surface area contributed by atoms with Crippen LogP contribution >= 0.6 is 0 Å². The minimum absolute atomic E-state index is 0.0452. The highest BCUT2D eigenvalue weighted by Crippen LogP contribution is 2.34. The Morgan fingerprint density at radius 3 is 2.17 bits per heavy atom. The van der Waals surface area contributed by atoms with Crippen LogP contribution in [-0.2, 0) is 11.6 Å². The van der Waals surface area contributed by atoms with Gasteiger partial charge in [-0.2, -0.15) is 13.2 Å². The maximum Gasteiger partial charge on any atom is 0.416 e. The van der Waals surface area contributed by atoms with Crippen LogP contribution in [0, 0.1) is 5.82 Å². The summed E-state index contributed by atoms with van der Waals surface area (Å²) in [4.78, 5) is 3.87. The Labute approximate surface area is 131 Å². The maximum absolute atomic E-state index is 14.6. The molecule has 124 valence electrons. The number of hydrogen-bond acceptors (Lipinski definition) is 1. The molecular formula is C17H16F5N. The molecule has 1 nitrogen and oxygen atoms in total. The Balaban J connectivity index is 2.45. The lowest BCUT2D eigenvalue weighted by Gasteiger charge is -2.20. The predicted molar refractivity (Wildman–Crippen MR) is 77.3 cm³/mol. The third-order valence-corrected chi connectivity index (χ3v) is 3.45. The second kappa shape index (κ2) is 5.91. The van der Waals surface area contributed by atoms with E-state index in [9.17, 15) is 22.0 Å². The number of aromatic nitrogens is 1. The Morgan fingerprint density at radius 2 is 1.61 bits per heavy atom. The molecule has 0 N–H and O–H groups in total. The molecule has 0 amide bonds. The van der Waals surface area contributed by atoms with Gasteiger partial charge in [-0.25, -0.2) is 8.78 Å². The Kier molecular flexibility index (Phi) is 4.46. The second-order valence-corrected chi connectivity index (χ2v) is 6.35. The van der Waals surface area contributed by atoms with E-state index in [0.29, 0.717) is 12.1 Å². The van der Waals surface area contributed by atoms with Crippen LogP contribution in [0.1, 0.15) is 49.3 Å². The van der Waals surface area contributed by atoms with E-state index < -0.39 is 29.3 Å². The summed E-state index contributed by atoms with van der Waals surface area (Å²) in [5.74, 6) is -1.13. The van der Waals surface area contributed by atoms with Crippen molar-refractivity contribution in [1.29, 1.82) is 0 Å². The first-order valence-corrected chi connectivity index (χ1v) is 6.96. The lowest BCUT2D eigenvalue weighted by molar-refractivity contribution is -0.137. The van der Waals surface area contributed by atoms with Crippen molar-refractivity contribution in [1.82, 2.24) is 4.98 Å². The van der Waals surface area contributed by atoms with Crippen LogP contribution in [0.3, 0.4) is 0 Å². The minimum atomic E-state index is -4.74. The van der Waals surface area contributed by atoms with Crippen molar-refractivity contribution in [2.45, 2.75) is 38.5 Å². The number of nitrogens with zero attached hydrogens (tertiary/aromatic N) is 1. The largest absolute Gasteiger partial charge is 0.416 e. The third kappa shape index (κ3) is 4.06. The Morgan fingerprint density at radius 1 is 0.957 bits per heavy atom. The fourth-order valence-electron chi connectivity index (χ4n) is 2.15. The van der Waals surface area contributed by atoms with Crippen molar-refractivity contribution in [3.8, 4) is 0 Å². The zero-order chi connectivity index (χ0) is 17.4. The highest BCUT2D eigenvalue weighted by atomic mass is 19.4. The van der Waals surface area contributed by atoms with Crippen LogP contribution in [0.2, 0.25) is 0 Å². The summed E-state index contributed by atoms with van der Waals surface area (Å²) in [6, 6.07) is 4.91. The van der Waals surface area contributed by atoms with Crippen molar-refractivity contribution in [2.75, 3.05) is 0 Å². The molecular weight excluding hydrogens is 313 g/mol. The van der Waals surface area contributed by atoms with E-state index in [4.69, 9.17) is 0 Å². The molecule has 0 aliphatic heterocycles. The van der Waals surface area contributed by atoms with Gasteiger partial charge in [-0.1, -0.05) is 20.8 Å². The van der Waals surface area contributed by atoms with E-state index in [1.165, 1.54) is 12.3 Å². The molecule has 0 aliphatic rings. The lowest BCUT2D eigenvalue weighted by atomic mass is 9.87. The van der Waals surface area contributed by atoms with Crippen LogP contribution in [0.5, 0.6) is 0 Å². The van der Waals surface area contributed by atoms with Crippen LogP contribution in [0.4, 0.5) is 22.0 Å². The molecule has 0 saturated heterocycles. The third-order valence-electron chi connectivity index (χ3n) is 3.45. The van der Waals surface area contributed by atoms with E-state index in [2.05, 4.69) is 4.98 Å². The zero-order valence-corrected chi connectivity index (χ0v) is 12.9. The van der Waals surface area contributed by atoms with E-state index in [-0.39, 0.29) is 11.1 Å². The van der Waals surface area contributed by atoms with Gasteiger partial charge in [0.15, 0.2) is 6.17 Å². The molecule has 1 aromatic carbocycles. The number of pyridine rings is 1. The molecule has 1 atom stereocenters. The average Bonchev–Trinajstić information content (AvgIpc) is 2.44. The Bertz CT molecular complexity index is 701. The normalized spacial score (nSPS) is 13.9. The number of rotatable bonds is 2. The number of halogens is 5. The van der Waals surface area contributed by atoms with E-state index in [1.807, 2.05) is 20.8 Å². The summed E-state index contributed by atoms with van der Waals surface area (Å²) >= 11 is 0. The van der Waals surface area contributed by atoms with Crippen LogP contribution in [-0.4, -0.2) is 4.98 Å². The molecule has 1 unspecified atom stereocenters. The highest BCUT2D eigenvalue weighted by molar-refractivity contribution is 5.34. The van der Waals surface area contributed by atoms with Crippen molar-refractivity contribution < 1.29 is 22.0 Å². The molecule has 0 saturated carbocycles. The van der Waals surface area contributed by atoms with E-state index >= 15 is 0 Å². The molecule has 0 aliphatic carbocycles. The van der Waals surface area contributed by atoms with Gasteiger partial charge in [0.2, 0.25) is 0 Å². The topological polar surface area (TPSA) is 12.9 Å². The number of alkyl halides is 4. The molecule has 0 fully saturated rings. The molecule has 2 rings (SSSR count). The first-order chi connectivity index (χ1) is 10.5. The van der Waals surface area contributed by atoms with Gasteiger partial charge in [0.25, 0.3) is 0 Å².